The topological polar surface area (TPSA) is 137 Å². The van der Waals surface area contributed by atoms with Crippen LogP contribution in [0.3, 0.4) is 0 Å². The fourth-order valence-corrected chi connectivity index (χ4v) is 3.12. The number of ether oxygens (including phenoxy) is 1. The Balaban J connectivity index is 1.99. The number of hydrogen-bond donors (Lipinski definition) is 2. The van der Waals surface area contributed by atoms with Crippen molar-refractivity contribution in [3.63, 3.8) is 0 Å². The zero-order valence-corrected chi connectivity index (χ0v) is 14.4. The Bertz CT molecular complexity index is 685. The molecule has 10 heteroatoms. The smallest absolute Gasteiger partial charge is 0.330 e. The van der Waals surface area contributed by atoms with Gasteiger partial charge < -0.3 is 15.2 Å². The van der Waals surface area contributed by atoms with Gasteiger partial charge in [-0.1, -0.05) is 13.8 Å². The summed E-state index contributed by atoms with van der Waals surface area (Å²) in [6.07, 6.45) is 2.23. The summed E-state index contributed by atoms with van der Waals surface area (Å²) in [4.78, 5) is 34.1. The first-order valence-electron chi connectivity index (χ1n) is 7.97. The summed E-state index contributed by atoms with van der Waals surface area (Å²) >= 11 is 0. The van der Waals surface area contributed by atoms with Crippen LogP contribution in [0, 0.1) is 15.5 Å². The fraction of sp³-hybridized carbons (Fsp3) is 0.667. The van der Waals surface area contributed by atoms with Gasteiger partial charge in [0, 0.05) is 31.4 Å². The van der Waals surface area contributed by atoms with Crippen LogP contribution in [0.2, 0.25) is 0 Å². The van der Waals surface area contributed by atoms with Gasteiger partial charge in [0.25, 0.3) is 0 Å². The van der Waals surface area contributed by atoms with Crippen LogP contribution in [0.4, 0.5) is 5.69 Å². The van der Waals surface area contributed by atoms with Gasteiger partial charge in [0.05, 0.1) is 11.0 Å². The zero-order chi connectivity index (χ0) is 18.8. The first kappa shape index (κ1) is 18.8. The van der Waals surface area contributed by atoms with Gasteiger partial charge in [-0.2, -0.15) is 5.10 Å². The molecule has 0 aliphatic heterocycles. The number of rotatable bonds is 8. The largest absolute Gasteiger partial charge is 0.479 e. The summed E-state index contributed by atoms with van der Waals surface area (Å²) in [7, 11) is 0. The lowest BCUT2D eigenvalue weighted by atomic mass is 9.54. The number of aryl methyl sites for hydroxylation is 1. The minimum absolute atomic E-state index is 0.0384. The van der Waals surface area contributed by atoms with Crippen molar-refractivity contribution in [1.29, 1.82) is 0 Å². The fourth-order valence-electron chi connectivity index (χ4n) is 3.12. The summed E-state index contributed by atoms with van der Waals surface area (Å²) in [6.45, 7) is 5.92. The van der Waals surface area contributed by atoms with E-state index < -0.39 is 27.8 Å². The number of nitro groups is 1. The molecule has 2 atom stereocenters. The van der Waals surface area contributed by atoms with Crippen molar-refractivity contribution in [2.75, 3.05) is 6.61 Å². The Morgan fingerprint density at radius 1 is 1.56 bits per heavy atom. The van der Waals surface area contributed by atoms with Crippen molar-refractivity contribution in [2.24, 2.45) is 5.41 Å². The normalized spacial score (nSPS) is 24.4. The summed E-state index contributed by atoms with van der Waals surface area (Å²) < 4.78 is 6.82. The Hall–Kier alpha value is -2.49. The van der Waals surface area contributed by atoms with Crippen LogP contribution in [0.25, 0.3) is 0 Å². The highest BCUT2D eigenvalue weighted by Crippen LogP contribution is 2.51. The number of hydrogen-bond acceptors (Lipinski definition) is 6. The zero-order valence-electron chi connectivity index (χ0n) is 14.4. The molecule has 0 bridgehead atoms. The molecule has 2 rings (SSSR count). The van der Waals surface area contributed by atoms with Crippen LogP contribution in [-0.4, -0.2) is 49.9 Å². The predicted molar refractivity (Wildman–Crippen MR) is 85.8 cm³/mol. The van der Waals surface area contributed by atoms with E-state index in [4.69, 9.17) is 4.74 Å². The minimum atomic E-state index is -1.39. The van der Waals surface area contributed by atoms with Crippen molar-refractivity contribution in [2.45, 2.75) is 51.8 Å². The number of aliphatic carboxylic acids is 1. The average molecular weight is 354 g/mol. The van der Waals surface area contributed by atoms with Gasteiger partial charge in [-0.15, -0.1) is 0 Å². The lowest BCUT2D eigenvalue weighted by molar-refractivity contribution is -0.385. The number of carbonyl (C=O) groups is 2. The van der Waals surface area contributed by atoms with E-state index in [9.17, 15) is 24.8 Å². The number of nitrogens with one attached hydrogen (secondary N) is 1. The lowest BCUT2D eigenvalue weighted by Crippen LogP contribution is -2.76. The molecule has 0 saturated heterocycles. The first-order valence-corrected chi connectivity index (χ1v) is 7.97. The second-order valence-corrected chi connectivity index (χ2v) is 6.60. The predicted octanol–water partition coefficient (Wildman–Crippen LogP) is 0.956. The van der Waals surface area contributed by atoms with Crippen LogP contribution < -0.4 is 5.32 Å². The molecule has 10 nitrogen and oxygen atoms in total. The number of aromatic nitrogens is 2. The van der Waals surface area contributed by atoms with E-state index in [-0.39, 0.29) is 31.2 Å². The number of carbonyl (C=O) groups excluding carboxylic acids is 1. The van der Waals surface area contributed by atoms with Crippen molar-refractivity contribution in [3.8, 4) is 0 Å². The van der Waals surface area contributed by atoms with Crippen LogP contribution in [-0.2, 0) is 20.9 Å². The number of carboxylic acids is 1. The molecule has 0 spiro atoms. The van der Waals surface area contributed by atoms with Crippen molar-refractivity contribution in [1.82, 2.24) is 15.1 Å². The molecule has 2 unspecified atom stereocenters. The van der Waals surface area contributed by atoms with Crippen LogP contribution >= 0.6 is 0 Å². The van der Waals surface area contributed by atoms with Crippen LogP contribution in [0.1, 0.15) is 33.6 Å². The molecule has 1 aliphatic rings. The van der Waals surface area contributed by atoms with Gasteiger partial charge in [0.15, 0.2) is 0 Å². The molecule has 1 aromatic rings. The van der Waals surface area contributed by atoms with Gasteiger partial charge in [-0.3, -0.25) is 19.6 Å². The maximum Gasteiger partial charge on any atom is 0.330 e. The third kappa shape index (κ3) is 3.34. The van der Waals surface area contributed by atoms with Crippen molar-refractivity contribution < 1.29 is 24.4 Å². The molecule has 1 aromatic heterocycles. The maximum absolute atomic E-state index is 12.2. The molecule has 2 N–H and O–H groups in total. The summed E-state index contributed by atoms with van der Waals surface area (Å²) in [5.74, 6) is -1.56. The Morgan fingerprint density at radius 2 is 2.24 bits per heavy atom. The molecule has 0 aromatic carbocycles. The SMILES string of the molecule is CCOC1CC(NC(=O)CCn2cc([N+](=O)[O-])cn2)(C(=O)O)C1(C)C. The third-order valence-corrected chi connectivity index (χ3v) is 4.88. The van der Waals surface area contributed by atoms with Crippen LogP contribution in [0.5, 0.6) is 0 Å². The summed E-state index contributed by atoms with van der Waals surface area (Å²) in [5.41, 5.74) is -2.31. The second-order valence-electron chi connectivity index (χ2n) is 6.60. The minimum Gasteiger partial charge on any atom is -0.479 e. The Morgan fingerprint density at radius 3 is 2.72 bits per heavy atom. The monoisotopic (exact) mass is 354 g/mol. The second kappa shape index (κ2) is 6.79. The standard InChI is InChI=1S/C15H22N4O6/c1-4-25-11-7-15(13(21)22,14(11,2)3)17-12(20)5-6-18-9-10(8-16-18)19(23)24/h8-9,11H,4-7H2,1-3H3,(H,17,20)(H,21,22). The van der Waals surface area contributed by atoms with Gasteiger partial charge in [0.1, 0.15) is 17.9 Å². The summed E-state index contributed by atoms with van der Waals surface area (Å²) in [6, 6.07) is 0. The maximum atomic E-state index is 12.2. The number of amides is 1. The molecule has 1 aliphatic carbocycles. The average Bonchev–Trinajstić information content (AvgIpc) is 3.00. The van der Waals surface area contributed by atoms with Gasteiger partial charge in [0.2, 0.25) is 5.91 Å². The number of nitrogens with zero attached hydrogens (tertiary/aromatic N) is 3. The Labute approximate surface area is 144 Å². The van der Waals surface area contributed by atoms with Crippen molar-refractivity contribution >= 4 is 17.6 Å². The highest BCUT2D eigenvalue weighted by molar-refractivity contribution is 5.89. The van der Waals surface area contributed by atoms with Gasteiger partial charge in [-0.25, -0.2) is 4.79 Å². The van der Waals surface area contributed by atoms with E-state index >= 15 is 0 Å². The van der Waals surface area contributed by atoms with E-state index in [1.807, 2.05) is 6.92 Å². The molecule has 1 fully saturated rings. The van der Waals surface area contributed by atoms with E-state index in [2.05, 4.69) is 10.4 Å². The van der Waals surface area contributed by atoms with Crippen molar-refractivity contribution in [3.05, 3.63) is 22.5 Å². The lowest BCUT2D eigenvalue weighted by Gasteiger charge is -2.58. The summed E-state index contributed by atoms with van der Waals surface area (Å²) in [5, 5.41) is 26.7. The quantitative estimate of drug-likeness (QED) is 0.524. The highest BCUT2D eigenvalue weighted by Gasteiger charge is 2.66. The highest BCUT2D eigenvalue weighted by atomic mass is 16.6. The molecule has 1 saturated carbocycles. The third-order valence-electron chi connectivity index (χ3n) is 4.88. The molecule has 1 heterocycles. The van der Waals surface area contributed by atoms with E-state index in [0.29, 0.717) is 6.61 Å². The molecule has 0 radical (unpaired) electrons. The van der Waals surface area contributed by atoms with Crippen LogP contribution in [0.15, 0.2) is 12.4 Å². The van der Waals surface area contributed by atoms with E-state index in [1.54, 1.807) is 13.8 Å². The molecule has 1 amide bonds. The molecule has 138 valence electrons. The first-order chi connectivity index (χ1) is 11.6. The molecular weight excluding hydrogens is 332 g/mol. The number of carboxylic acid groups (broad SMARTS) is 1. The molecule has 25 heavy (non-hydrogen) atoms. The van der Waals surface area contributed by atoms with Gasteiger partial charge >= 0.3 is 11.7 Å². The van der Waals surface area contributed by atoms with E-state index in [0.717, 1.165) is 6.20 Å². The van der Waals surface area contributed by atoms with Gasteiger partial charge in [-0.05, 0) is 6.92 Å². The van der Waals surface area contributed by atoms with E-state index in [1.165, 1.54) is 10.9 Å². The molecular formula is C15H22N4O6. The Kier molecular flexibility index (Phi) is 5.12.